The van der Waals surface area contributed by atoms with E-state index >= 15 is 0 Å². The molecule has 8 rings (SSSR count). The molecule has 37 heavy (non-hydrogen) atoms. The van der Waals surface area contributed by atoms with Crippen molar-refractivity contribution in [3.8, 4) is 11.5 Å². The molecule has 2 saturated carbocycles. The summed E-state index contributed by atoms with van der Waals surface area (Å²) in [5.41, 5.74) is 1.17. The van der Waals surface area contributed by atoms with E-state index in [1.54, 1.807) is 7.11 Å². The number of aliphatic hydroxyl groups is 1. The number of epoxide rings is 1. The predicted molar refractivity (Wildman–Crippen MR) is 136 cm³/mol. The number of likely N-dealkylation sites (tertiary alicyclic amines) is 1. The number of rotatable bonds is 6. The third-order valence-electron chi connectivity index (χ3n) is 10.3. The normalized spacial score (nSPS) is 38.6. The molecule has 4 fully saturated rings. The Morgan fingerprint density at radius 2 is 2.00 bits per heavy atom. The van der Waals surface area contributed by atoms with Gasteiger partial charge in [-0.1, -0.05) is 36.4 Å². The zero-order chi connectivity index (χ0) is 25.0. The molecule has 0 radical (unpaired) electrons. The maximum Gasteiger partial charge on any atom is 0.252 e. The van der Waals surface area contributed by atoms with Gasteiger partial charge in [0.05, 0.1) is 18.1 Å². The summed E-state index contributed by atoms with van der Waals surface area (Å²) in [6.45, 7) is 2.46. The van der Waals surface area contributed by atoms with Gasteiger partial charge in [0, 0.05) is 24.7 Å². The van der Waals surface area contributed by atoms with Gasteiger partial charge in [0.2, 0.25) is 0 Å². The molecule has 3 heterocycles. The summed E-state index contributed by atoms with van der Waals surface area (Å²) in [6.07, 6.45) is 4.45. The van der Waals surface area contributed by atoms with E-state index < -0.39 is 28.8 Å². The molecule has 2 saturated heterocycles. The highest BCUT2D eigenvalue weighted by atomic mass is 16.7. The van der Waals surface area contributed by atoms with E-state index in [0.717, 1.165) is 48.7 Å². The average Bonchev–Trinajstić information content (AvgIpc) is 3.83. The second-order valence-corrected chi connectivity index (χ2v) is 12.1. The third-order valence-corrected chi connectivity index (χ3v) is 10.3. The van der Waals surface area contributed by atoms with Crippen LogP contribution < -0.4 is 14.8 Å². The van der Waals surface area contributed by atoms with Crippen LogP contribution in [0, 0.1) is 5.92 Å². The fourth-order valence-electron chi connectivity index (χ4n) is 8.39. The van der Waals surface area contributed by atoms with Crippen molar-refractivity contribution >= 4 is 5.91 Å². The van der Waals surface area contributed by atoms with E-state index in [1.807, 2.05) is 36.4 Å². The molecule has 6 unspecified atom stereocenters. The number of fused-ring (bicyclic) bond motifs is 1. The van der Waals surface area contributed by atoms with Crippen LogP contribution in [0.2, 0.25) is 0 Å². The van der Waals surface area contributed by atoms with Crippen LogP contribution in [-0.4, -0.2) is 65.6 Å². The average molecular weight is 503 g/mol. The molecule has 7 nitrogen and oxygen atoms in total. The van der Waals surface area contributed by atoms with Crippen LogP contribution in [0.25, 0.3) is 0 Å². The summed E-state index contributed by atoms with van der Waals surface area (Å²) in [5, 5.41) is 15.8. The molecular weight excluding hydrogens is 468 g/mol. The van der Waals surface area contributed by atoms with Crippen LogP contribution >= 0.6 is 0 Å². The zero-order valence-corrected chi connectivity index (χ0v) is 21.2. The molecule has 194 valence electrons. The van der Waals surface area contributed by atoms with Crippen LogP contribution in [-0.2, 0) is 27.9 Å². The number of hydrogen-bond acceptors (Lipinski definition) is 6. The van der Waals surface area contributed by atoms with E-state index in [4.69, 9.17) is 14.2 Å². The van der Waals surface area contributed by atoms with Crippen molar-refractivity contribution in [3.05, 3.63) is 59.2 Å². The summed E-state index contributed by atoms with van der Waals surface area (Å²) < 4.78 is 18.9. The van der Waals surface area contributed by atoms with E-state index in [1.165, 1.54) is 18.4 Å². The van der Waals surface area contributed by atoms with Gasteiger partial charge in [0.15, 0.2) is 17.6 Å². The molecule has 3 aliphatic heterocycles. The summed E-state index contributed by atoms with van der Waals surface area (Å²) in [4.78, 5) is 15.9. The molecule has 6 atom stereocenters. The number of piperidine rings is 1. The minimum atomic E-state index is -0.919. The Balaban J connectivity index is 1.17. The zero-order valence-electron chi connectivity index (χ0n) is 21.2. The van der Waals surface area contributed by atoms with Gasteiger partial charge >= 0.3 is 0 Å². The van der Waals surface area contributed by atoms with Crippen molar-refractivity contribution in [1.82, 2.24) is 10.2 Å². The number of amides is 1. The van der Waals surface area contributed by atoms with Crippen molar-refractivity contribution in [2.45, 2.75) is 79.9 Å². The van der Waals surface area contributed by atoms with Gasteiger partial charge in [-0.15, -0.1) is 0 Å². The van der Waals surface area contributed by atoms with Gasteiger partial charge in [0.25, 0.3) is 5.91 Å². The Kier molecular flexibility index (Phi) is 4.53. The first-order valence-corrected chi connectivity index (χ1v) is 13.8. The fourth-order valence-corrected chi connectivity index (χ4v) is 8.39. The van der Waals surface area contributed by atoms with Crippen molar-refractivity contribution in [3.63, 3.8) is 0 Å². The van der Waals surface area contributed by atoms with Gasteiger partial charge in [-0.3, -0.25) is 9.69 Å². The highest BCUT2D eigenvalue weighted by Crippen LogP contribution is 2.70. The lowest BCUT2D eigenvalue weighted by atomic mass is 9.47. The summed E-state index contributed by atoms with van der Waals surface area (Å²) in [5.74, 6) is 2.11. The number of carbonyl (C=O) groups excluding carboxylic acids is 1. The molecule has 2 aromatic carbocycles. The highest BCUT2D eigenvalue weighted by molar-refractivity contribution is 5.85. The number of hydrogen-bond donors (Lipinski definition) is 2. The molecule has 3 aliphatic carbocycles. The van der Waals surface area contributed by atoms with E-state index in [2.05, 4.69) is 16.3 Å². The number of methoxy groups -OCH3 is 1. The van der Waals surface area contributed by atoms with Gasteiger partial charge in [-0.05, 0) is 68.2 Å². The molecule has 2 aromatic rings. The Morgan fingerprint density at radius 3 is 2.78 bits per heavy atom. The first kappa shape index (κ1) is 22.4. The minimum absolute atomic E-state index is 0.0567. The first-order chi connectivity index (χ1) is 18.0. The topological polar surface area (TPSA) is 83.6 Å². The van der Waals surface area contributed by atoms with E-state index in [-0.39, 0.29) is 11.9 Å². The monoisotopic (exact) mass is 502 g/mol. The quantitative estimate of drug-likeness (QED) is 0.591. The van der Waals surface area contributed by atoms with Gasteiger partial charge in [0.1, 0.15) is 11.7 Å². The van der Waals surface area contributed by atoms with Crippen LogP contribution in [0.3, 0.4) is 0 Å². The molecule has 2 spiro atoms. The van der Waals surface area contributed by atoms with Gasteiger partial charge < -0.3 is 24.6 Å². The summed E-state index contributed by atoms with van der Waals surface area (Å²) in [6, 6.07) is 14.1. The maximum atomic E-state index is 13.3. The molecular formula is C30H34N2O5. The lowest BCUT2D eigenvalue weighted by Gasteiger charge is -2.64. The molecule has 6 aliphatic rings. The Labute approximate surface area is 217 Å². The van der Waals surface area contributed by atoms with Crippen LogP contribution in [0.1, 0.15) is 48.8 Å². The second kappa shape index (κ2) is 7.49. The Hall–Kier alpha value is -2.61. The number of carbonyl (C=O) groups is 1. The van der Waals surface area contributed by atoms with Crippen molar-refractivity contribution in [2.24, 2.45) is 5.92 Å². The number of ether oxygens (including phenoxy) is 3. The van der Waals surface area contributed by atoms with Crippen molar-refractivity contribution in [2.75, 3.05) is 20.2 Å². The lowest BCUT2D eigenvalue weighted by Crippen LogP contribution is -2.78. The number of nitrogens with one attached hydrogen (secondary N) is 1. The third kappa shape index (κ3) is 2.85. The van der Waals surface area contributed by atoms with E-state index in [9.17, 15) is 9.90 Å². The van der Waals surface area contributed by atoms with Crippen LogP contribution in [0.15, 0.2) is 42.5 Å². The number of benzene rings is 2. The standard InChI is InChI=1S/C30H34N2O5/c1-35-21-10-9-20-15-22-30(34)12-11-29(25(37-29)26(33)31-16-18-5-3-2-4-6-18)27-28(30,23(20)24(21)36-27)13-14-32(22)17-19-7-8-19/h2-6,9-10,19,22,25,27,34H,7-8,11-17H2,1H3,(H,31,33). The van der Waals surface area contributed by atoms with Gasteiger partial charge in [-0.25, -0.2) is 0 Å². The molecule has 1 amide bonds. The molecule has 7 heteroatoms. The fraction of sp³-hybridized carbons (Fsp3) is 0.567. The maximum absolute atomic E-state index is 13.3. The van der Waals surface area contributed by atoms with E-state index in [0.29, 0.717) is 25.1 Å². The molecule has 0 aromatic heterocycles. The van der Waals surface area contributed by atoms with Gasteiger partial charge in [-0.2, -0.15) is 0 Å². The largest absolute Gasteiger partial charge is 0.493 e. The summed E-state index contributed by atoms with van der Waals surface area (Å²) >= 11 is 0. The Morgan fingerprint density at radius 1 is 1.16 bits per heavy atom. The highest BCUT2D eigenvalue weighted by Gasteiger charge is 2.82. The first-order valence-electron chi connectivity index (χ1n) is 13.8. The Bertz CT molecular complexity index is 1280. The second-order valence-electron chi connectivity index (χ2n) is 12.1. The minimum Gasteiger partial charge on any atom is -0.493 e. The van der Waals surface area contributed by atoms with Crippen molar-refractivity contribution in [1.29, 1.82) is 0 Å². The number of nitrogens with zero attached hydrogens (tertiary/aromatic N) is 1. The summed E-state index contributed by atoms with van der Waals surface area (Å²) in [7, 11) is 1.67. The SMILES string of the molecule is COc1ccc2c3c1OC1C4(CCC5(O)C(C2)N(CC2CC2)CCC315)OC4C(=O)NCc1ccccc1. The van der Waals surface area contributed by atoms with Crippen molar-refractivity contribution < 1.29 is 24.1 Å². The van der Waals surface area contributed by atoms with Crippen LogP contribution in [0.5, 0.6) is 11.5 Å². The molecule has 2 bridgehead atoms. The predicted octanol–water partition coefficient (Wildman–Crippen LogP) is 2.71. The molecule has 2 N–H and O–H groups in total. The van der Waals surface area contributed by atoms with Crippen LogP contribution in [0.4, 0.5) is 0 Å². The smallest absolute Gasteiger partial charge is 0.252 e. The lowest BCUT2D eigenvalue weighted by molar-refractivity contribution is -0.201.